The number of carbonyl (C=O) groups is 2. The molecule has 5 nitrogen and oxygen atoms in total. The van der Waals surface area contributed by atoms with Crippen LogP contribution < -0.4 is 10.6 Å². The molecule has 1 amide bonds. The highest BCUT2D eigenvalue weighted by Gasteiger charge is 2.05. The Bertz CT molecular complexity index is 192. The molecule has 0 spiro atoms. The number of rotatable bonds is 6. The summed E-state index contributed by atoms with van der Waals surface area (Å²) < 4.78 is 4.64. The lowest BCUT2D eigenvalue weighted by atomic mass is 10.4. The van der Waals surface area contributed by atoms with Gasteiger partial charge in [-0.25, -0.2) is 0 Å². The molecule has 14 heavy (non-hydrogen) atoms. The highest BCUT2D eigenvalue weighted by atomic mass is 16.5. The van der Waals surface area contributed by atoms with Crippen molar-refractivity contribution >= 4 is 11.9 Å². The predicted octanol–water partition coefficient (Wildman–Crippen LogP) is -0.336. The van der Waals surface area contributed by atoms with Crippen molar-refractivity contribution in [3.8, 4) is 0 Å². The van der Waals surface area contributed by atoms with Gasteiger partial charge in [-0.15, -0.1) is 0 Å². The summed E-state index contributed by atoms with van der Waals surface area (Å²) in [5.41, 5.74) is 0. The fourth-order valence-corrected chi connectivity index (χ4v) is 0.742. The maximum atomic E-state index is 11.1. The second-order valence-corrected chi connectivity index (χ2v) is 3.12. The number of amides is 1. The van der Waals surface area contributed by atoms with Crippen molar-refractivity contribution in [2.75, 3.05) is 19.7 Å². The number of carbonyl (C=O) groups excluding carboxylic acids is 2. The minimum atomic E-state index is -0.412. The summed E-state index contributed by atoms with van der Waals surface area (Å²) in [5, 5.41) is 5.38. The minimum Gasteiger partial charge on any atom is -0.465 e. The third-order valence-electron chi connectivity index (χ3n) is 1.41. The second-order valence-electron chi connectivity index (χ2n) is 3.12. The first-order valence-electron chi connectivity index (χ1n) is 4.72. The van der Waals surface area contributed by atoms with Crippen LogP contribution in [0.2, 0.25) is 0 Å². The maximum absolute atomic E-state index is 11.1. The van der Waals surface area contributed by atoms with Crippen LogP contribution in [0.4, 0.5) is 0 Å². The normalized spacial score (nSPS) is 10.0. The SMILES string of the molecule is CCOC(=O)CNC(=O)CNC(C)C. The van der Waals surface area contributed by atoms with Gasteiger partial charge in [0.15, 0.2) is 0 Å². The van der Waals surface area contributed by atoms with Gasteiger partial charge < -0.3 is 15.4 Å². The second kappa shape index (κ2) is 7.32. The van der Waals surface area contributed by atoms with Gasteiger partial charge in [0.2, 0.25) is 5.91 Å². The van der Waals surface area contributed by atoms with Crippen LogP contribution in [-0.4, -0.2) is 37.6 Å². The molecular formula is C9H18N2O3. The Morgan fingerprint density at radius 3 is 2.43 bits per heavy atom. The molecule has 0 atom stereocenters. The largest absolute Gasteiger partial charge is 0.465 e. The number of hydrogen-bond donors (Lipinski definition) is 2. The summed E-state index contributed by atoms with van der Waals surface area (Å²) in [5.74, 6) is -0.614. The zero-order valence-corrected chi connectivity index (χ0v) is 8.92. The summed E-state index contributed by atoms with van der Waals surface area (Å²) >= 11 is 0. The molecule has 0 rings (SSSR count). The summed E-state index contributed by atoms with van der Waals surface area (Å²) in [6, 6.07) is 0.253. The van der Waals surface area contributed by atoms with E-state index < -0.39 is 5.97 Å². The van der Waals surface area contributed by atoms with Crippen LogP contribution in [0.25, 0.3) is 0 Å². The van der Waals surface area contributed by atoms with Crippen molar-refractivity contribution < 1.29 is 14.3 Å². The molecule has 0 aliphatic heterocycles. The highest BCUT2D eigenvalue weighted by Crippen LogP contribution is 1.77. The summed E-state index contributed by atoms with van der Waals surface area (Å²) in [4.78, 5) is 21.9. The van der Waals surface area contributed by atoms with Gasteiger partial charge >= 0.3 is 5.97 Å². The zero-order chi connectivity index (χ0) is 11.0. The van der Waals surface area contributed by atoms with Crippen molar-refractivity contribution in [2.24, 2.45) is 0 Å². The maximum Gasteiger partial charge on any atom is 0.325 e. The minimum absolute atomic E-state index is 0.0630. The molecule has 0 radical (unpaired) electrons. The van der Waals surface area contributed by atoms with E-state index in [2.05, 4.69) is 15.4 Å². The topological polar surface area (TPSA) is 67.4 Å². The van der Waals surface area contributed by atoms with Crippen LogP contribution in [0.3, 0.4) is 0 Å². The smallest absolute Gasteiger partial charge is 0.325 e. The highest BCUT2D eigenvalue weighted by molar-refractivity contribution is 5.83. The summed E-state index contributed by atoms with van der Waals surface area (Å²) in [6.07, 6.45) is 0. The van der Waals surface area contributed by atoms with Gasteiger partial charge in [-0.1, -0.05) is 13.8 Å². The van der Waals surface area contributed by atoms with Crippen molar-refractivity contribution in [1.29, 1.82) is 0 Å². The van der Waals surface area contributed by atoms with Gasteiger partial charge in [0.1, 0.15) is 6.54 Å². The molecule has 0 aromatic rings. The first kappa shape index (κ1) is 12.9. The molecule has 0 saturated heterocycles. The van der Waals surface area contributed by atoms with Crippen molar-refractivity contribution in [3.05, 3.63) is 0 Å². The van der Waals surface area contributed by atoms with Gasteiger partial charge in [0.25, 0.3) is 0 Å². The number of esters is 1. The Labute approximate surface area is 84.2 Å². The van der Waals surface area contributed by atoms with Crippen LogP contribution >= 0.6 is 0 Å². The molecule has 0 aromatic carbocycles. The van der Waals surface area contributed by atoms with Crippen LogP contribution in [-0.2, 0) is 14.3 Å². The number of ether oxygens (including phenoxy) is 1. The molecule has 0 bridgehead atoms. The molecule has 0 unspecified atom stereocenters. The average molecular weight is 202 g/mol. The Kier molecular flexibility index (Phi) is 6.74. The molecule has 82 valence electrons. The molecule has 0 heterocycles. The Morgan fingerprint density at radius 2 is 1.93 bits per heavy atom. The Morgan fingerprint density at radius 1 is 1.29 bits per heavy atom. The van der Waals surface area contributed by atoms with E-state index in [-0.39, 0.29) is 25.0 Å². The fraction of sp³-hybridized carbons (Fsp3) is 0.778. The monoisotopic (exact) mass is 202 g/mol. The van der Waals surface area contributed by atoms with Gasteiger partial charge in [-0.2, -0.15) is 0 Å². The first-order chi connectivity index (χ1) is 6.56. The molecule has 0 aliphatic rings. The average Bonchev–Trinajstić information content (AvgIpc) is 2.12. The van der Waals surface area contributed by atoms with Crippen LogP contribution in [0.5, 0.6) is 0 Å². The quantitative estimate of drug-likeness (QED) is 0.578. The Hall–Kier alpha value is -1.10. The standard InChI is InChI=1S/C9H18N2O3/c1-4-14-9(13)6-11-8(12)5-10-7(2)3/h7,10H,4-6H2,1-3H3,(H,11,12). The van der Waals surface area contributed by atoms with E-state index in [9.17, 15) is 9.59 Å². The third-order valence-corrected chi connectivity index (χ3v) is 1.41. The summed E-state index contributed by atoms with van der Waals surface area (Å²) in [7, 11) is 0. The lowest BCUT2D eigenvalue weighted by molar-refractivity contribution is -0.143. The zero-order valence-electron chi connectivity index (χ0n) is 8.92. The van der Waals surface area contributed by atoms with Gasteiger partial charge in [-0.3, -0.25) is 9.59 Å². The lowest BCUT2D eigenvalue weighted by Crippen LogP contribution is -2.39. The van der Waals surface area contributed by atoms with E-state index in [0.29, 0.717) is 6.61 Å². The summed E-state index contributed by atoms with van der Waals surface area (Å²) in [6.45, 7) is 6.10. The first-order valence-corrected chi connectivity index (χ1v) is 4.72. The molecule has 2 N–H and O–H groups in total. The fourth-order valence-electron chi connectivity index (χ4n) is 0.742. The third kappa shape index (κ3) is 7.54. The van der Waals surface area contributed by atoms with Crippen LogP contribution in [0.15, 0.2) is 0 Å². The number of nitrogens with one attached hydrogen (secondary N) is 2. The van der Waals surface area contributed by atoms with E-state index in [1.54, 1.807) is 6.92 Å². The molecule has 0 fully saturated rings. The van der Waals surface area contributed by atoms with Crippen molar-refractivity contribution in [2.45, 2.75) is 26.8 Å². The van der Waals surface area contributed by atoms with Crippen molar-refractivity contribution in [1.82, 2.24) is 10.6 Å². The van der Waals surface area contributed by atoms with E-state index in [1.165, 1.54) is 0 Å². The van der Waals surface area contributed by atoms with E-state index in [4.69, 9.17) is 0 Å². The van der Waals surface area contributed by atoms with Crippen LogP contribution in [0, 0.1) is 0 Å². The number of hydrogen-bond acceptors (Lipinski definition) is 4. The molecule has 0 aliphatic carbocycles. The van der Waals surface area contributed by atoms with Crippen molar-refractivity contribution in [3.63, 3.8) is 0 Å². The predicted molar refractivity (Wildman–Crippen MR) is 52.8 cm³/mol. The van der Waals surface area contributed by atoms with Gasteiger partial charge in [0, 0.05) is 6.04 Å². The Balaban J connectivity index is 3.48. The van der Waals surface area contributed by atoms with E-state index in [1.807, 2.05) is 13.8 Å². The molecule has 0 saturated carbocycles. The van der Waals surface area contributed by atoms with E-state index >= 15 is 0 Å². The lowest BCUT2D eigenvalue weighted by Gasteiger charge is -2.08. The molecule has 5 heteroatoms. The molecular weight excluding hydrogens is 184 g/mol. The van der Waals surface area contributed by atoms with Crippen LogP contribution in [0.1, 0.15) is 20.8 Å². The molecule has 0 aromatic heterocycles. The van der Waals surface area contributed by atoms with Gasteiger partial charge in [-0.05, 0) is 6.92 Å². The van der Waals surface area contributed by atoms with E-state index in [0.717, 1.165) is 0 Å². The van der Waals surface area contributed by atoms with Gasteiger partial charge in [0.05, 0.1) is 13.2 Å².